The van der Waals surface area contributed by atoms with Gasteiger partial charge in [0.25, 0.3) is 0 Å². The lowest BCUT2D eigenvalue weighted by molar-refractivity contribution is -0.128. The summed E-state index contributed by atoms with van der Waals surface area (Å²) in [6.45, 7) is 3.07. The number of ketones is 1. The normalized spacial score (nSPS) is 26.9. The third-order valence-electron chi connectivity index (χ3n) is 8.31. The summed E-state index contributed by atoms with van der Waals surface area (Å²) < 4.78 is 6.31. The Morgan fingerprint density at radius 3 is 2.73 bits per heavy atom. The van der Waals surface area contributed by atoms with Crippen LogP contribution < -0.4 is 10.5 Å². The van der Waals surface area contributed by atoms with Gasteiger partial charge in [0, 0.05) is 35.9 Å². The van der Waals surface area contributed by atoms with Crippen molar-refractivity contribution in [1.29, 1.82) is 5.41 Å². The van der Waals surface area contributed by atoms with Crippen LogP contribution in [0.25, 0.3) is 17.0 Å². The van der Waals surface area contributed by atoms with Crippen LogP contribution in [0.1, 0.15) is 70.5 Å². The molecule has 196 valence electrons. The van der Waals surface area contributed by atoms with Crippen LogP contribution >= 0.6 is 0 Å². The van der Waals surface area contributed by atoms with Crippen molar-refractivity contribution in [1.82, 2.24) is 19.9 Å². The molecule has 1 spiro atoms. The number of aliphatic hydroxyl groups excluding tert-OH is 1. The summed E-state index contributed by atoms with van der Waals surface area (Å²) in [5.74, 6) is 0.812. The second-order valence-corrected chi connectivity index (χ2v) is 10.7. The molecule has 4 N–H and O–H groups in total. The minimum atomic E-state index is -0.792. The maximum absolute atomic E-state index is 13.0. The number of nitrogens with one attached hydrogen (secondary N) is 1. The second-order valence-electron chi connectivity index (χ2n) is 10.7. The molecule has 5 rings (SSSR count). The van der Waals surface area contributed by atoms with E-state index in [2.05, 4.69) is 26.9 Å². The fourth-order valence-electron chi connectivity index (χ4n) is 6.19. The van der Waals surface area contributed by atoms with Crippen LogP contribution in [-0.2, 0) is 4.79 Å². The van der Waals surface area contributed by atoms with Crippen molar-refractivity contribution in [3.63, 3.8) is 0 Å². The summed E-state index contributed by atoms with van der Waals surface area (Å²) in [5, 5.41) is 20.4. The first kappa shape index (κ1) is 25.3. The number of carbonyl (C=O) groups excluding carboxylic acids is 1. The number of hydrogen-bond donors (Lipinski definition) is 3. The van der Waals surface area contributed by atoms with Crippen molar-refractivity contribution in [2.75, 3.05) is 19.3 Å². The zero-order chi connectivity index (χ0) is 26.2. The van der Waals surface area contributed by atoms with E-state index < -0.39 is 5.41 Å². The molecule has 1 aliphatic heterocycles. The molecular weight excluding hydrogens is 468 g/mol. The molecule has 3 heterocycles. The van der Waals surface area contributed by atoms with Gasteiger partial charge in [0.2, 0.25) is 5.88 Å². The highest BCUT2D eigenvalue weighted by molar-refractivity contribution is 6.18. The van der Waals surface area contributed by atoms with E-state index in [1.54, 1.807) is 18.3 Å². The van der Waals surface area contributed by atoms with E-state index in [-0.39, 0.29) is 35.2 Å². The Morgan fingerprint density at radius 1 is 1.22 bits per heavy atom. The van der Waals surface area contributed by atoms with E-state index in [9.17, 15) is 9.90 Å². The van der Waals surface area contributed by atoms with Gasteiger partial charge in [0.15, 0.2) is 11.6 Å². The zero-order valence-electron chi connectivity index (χ0n) is 21.7. The van der Waals surface area contributed by atoms with Gasteiger partial charge in [0.05, 0.1) is 16.8 Å². The number of ether oxygens (including phenoxy) is 1. The molecule has 3 atom stereocenters. The predicted octanol–water partition coefficient (Wildman–Crippen LogP) is 4.58. The van der Waals surface area contributed by atoms with Crippen LogP contribution in [0.4, 0.5) is 5.82 Å². The van der Waals surface area contributed by atoms with Gasteiger partial charge in [-0.2, -0.15) is 4.98 Å². The standard InChI is InChI=1S/C28H36N6O3/c1-17(21-8-6-14-34(21)2)37-24-15-20(18-10-11-23(29)31-16-18)32-27(33-24)25(36)19-7-5-13-28(26(19)30)12-4-3-9-22(28)35/h10-11,15-17,21,30,36H,3-9,12-14H2,1-2H3,(H2,29,31)/b25-19-,30-26?/t17-,21-,28+/m0/s1. The molecule has 1 saturated heterocycles. The number of carbonyl (C=O) groups is 1. The topological polar surface area (TPSA) is 138 Å². The average Bonchev–Trinajstić information content (AvgIpc) is 3.33. The van der Waals surface area contributed by atoms with Gasteiger partial charge in [-0.05, 0) is 77.6 Å². The fourth-order valence-corrected chi connectivity index (χ4v) is 6.19. The minimum Gasteiger partial charge on any atom is -0.504 e. The fraction of sp³-hybridized carbons (Fsp3) is 0.536. The molecule has 9 heteroatoms. The molecule has 37 heavy (non-hydrogen) atoms. The van der Waals surface area contributed by atoms with Gasteiger partial charge < -0.3 is 21.0 Å². The number of rotatable bonds is 5. The minimum absolute atomic E-state index is 0.0939. The number of pyridine rings is 1. The van der Waals surface area contributed by atoms with Crippen LogP contribution in [0.2, 0.25) is 0 Å². The highest BCUT2D eigenvalue weighted by atomic mass is 16.5. The Kier molecular flexibility index (Phi) is 6.98. The van der Waals surface area contributed by atoms with Gasteiger partial charge >= 0.3 is 0 Å². The van der Waals surface area contributed by atoms with Crippen LogP contribution in [0.5, 0.6) is 5.88 Å². The number of allylic oxidation sites excluding steroid dienone is 1. The number of nitrogen functional groups attached to an aromatic ring is 1. The molecule has 0 amide bonds. The molecule has 9 nitrogen and oxygen atoms in total. The molecule has 2 saturated carbocycles. The van der Waals surface area contributed by atoms with Crippen molar-refractivity contribution in [3.05, 3.63) is 35.8 Å². The first-order valence-corrected chi connectivity index (χ1v) is 13.3. The summed E-state index contributed by atoms with van der Waals surface area (Å²) in [6, 6.07) is 5.53. The molecule has 2 aromatic heterocycles. The SMILES string of the molecule is C[C@H](Oc1cc(-c2ccc(N)nc2)nc(/C(O)=C2\CCC[C@@]3(CCCCC3=O)C2=N)n1)[C@@H]1CCCN1C. The van der Waals surface area contributed by atoms with E-state index in [0.29, 0.717) is 54.2 Å². The third kappa shape index (κ3) is 4.84. The van der Waals surface area contributed by atoms with Gasteiger partial charge in [-0.3, -0.25) is 9.69 Å². The predicted molar refractivity (Wildman–Crippen MR) is 142 cm³/mol. The van der Waals surface area contributed by atoms with Crippen molar-refractivity contribution < 1.29 is 14.6 Å². The Morgan fingerprint density at radius 2 is 2.03 bits per heavy atom. The number of likely N-dealkylation sites (tertiary alicyclic amines) is 1. The summed E-state index contributed by atoms with van der Waals surface area (Å²) in [5.41, 5.74) is 6.93. The molecule has 0 aromatic carbocycles. The van der Waals surface area contributed by atoms with E-state index in [1.165, 1.54) is 0 Å². The van der Waals surface area contributed by atoms with E-state index in [1.807, 2.05) is 13.0 Å². The first-order valence-electron chi connectivity index (χ1n) is 13.3. The van der Waals surface area contributed by atoms with Crippen molar-refractivity contribution in [3.8, 4) is 17.1 Å². The highest BCUT2D eigenvalue weighted by Crippen LogP contribution is 2.46. The summed E-state index contributed by atoms with van der Waals surface area (Å²) >= 11 is 0. The maximum Gasteiger partial charge on any atom is 0.217 e. The number of likely N-dealkylation sites (N-methyl/N-ethyl adjacent to an activating group) is 1. The smallest absolute Gasteiger partial charge is 0.217 e. The van der Waals surface area contributed by atoms with Crippen molar-refractivity contribution >= 4 is 23.1 Å². The number of aromatic nitrogens is 3. The van der Waals surface area contributed by atoms with Crippen LogP contribution in [0.3, 0.4) is 0 Å². The molecular formula is C28H36N6O3. The molecule has 2 aliphatic carbocycles. The average molecular weight is 505 g/mol. The van der Waals surface area contributed by atoms with Crippen LogP contribution in [0.15, 0.2) is 30.0 Å². The molecule has 0 bridgehead atoms. The number of anilines is 1. The maximum atomic E-state index is 13.0. The van der Waals surface area contributed by atoms with E-state index in [4.69, 9.17) is 15.9 Å². The summed E-state index contributed by atoms with van der Waals surface area (Å²) in [7, 11) is 2.10. The lowest BCUT2D eigenvalue weighted by Crippen LogP contribution is -2.44. The Bertz CT molecular complexity index is 1220. The van der Waals surface area contributed by atoms with E-state index in [0.717, 1.165) is 38.6 Å². The number of aliphatic hydroxyl groups is 1. The number of Topliss-reactive ketones (excluding diaryl/α,β-unsaturated/α-hetero) is 1. The van der Waals surface area contributed by atoms with Gasteiger partial charge in [-0.15, -0.1) is 0 Å². The monoisotopic (exact) mass is 504 g/mol. The third-order valence-corrected chi connectivity index (χ3v) is 8.31. The van der Waals surface area contributed by atoms with Crippen LogP contribution in [-0.4, -0.2) is 62.2 Å². The van der Waals surface area contributed by atoms with Gasteiger partial charge in [0.1, 0.15) is 17.7 Å². The van der Waals surface area contributed by atoms with E-state index >= 15 is 0 Å². The van der Waals surface area contributed by atoms with Crippen LogP contribution in [0, 0.1) is 10.8 Å². The highest BCUT2D eigenvalue weighted by Gasteiger charge is 2.47. The lowest BCUT2D eigenvalue weighted by Gasteiger charge is -2.40. The Labute approximate surface area is 217 Å². The molecule has 2 aromatic rings. The van der Waals surface area contributed by atoms with Crippen molar-refractivity contribution in [2.45, 2.75) is 76.9 Å². The van der Waals surface area contributed by atoms with Gasteiger partial charge in [-0.25, -0.2) is 9.97 Å². The lowest BCUT2D eigenvalue weighted by atomic mass is 9.62. The summed E-state index contributed by atoms with van der Waals surface area (Å²) in [6.07, 6.45) is 8.56. The first-order chi connectivity index (χ1) is 17.8. The molecule has 0 unspecified atom stereocenters. The second kappa shape index (κ2) is 10.2. The quantitative estimate of drug-likeness (QED) is 0.503. The van der Waals surface area contributed by atoms with Crippen molar-refractivity contribution in [2.24, 2.45) is 5.41 Å². The molecule has 3 fully saturated rings. The molecule has 0 radical (unpaired) electrons. The largest absolute Gasteiger partial charge is 0.504 e. The number of nitrogens with zero attached hydrogens (tertiary/aromatic N) is 4. The Balaban J connectivity index is 1.54. The molecule has 3 aliphatic rings. The summed E-state index contributed by atoms with van der Waals surface area (Å²) in [4.78, 5) is 28.7. The Hall–Kier alpha value is -3.33. The van der Waals surface area contributed by atoms with Gasteiger partial charge in [-0.1, -0.05) is 6.42 Å². The zero-order valence-corrected chi connectivity index (χ0v) is 21.7. The number of nitrogens with two attached hydrogens (primary N) is 1. The number of hydrogen-bond acceptors (Lipinski definition) is 9.